The monoisotopic (exact) mass is 358 g/mol. The van der Waals surface area contributed by atoms with Crippen LogP contribution in [0, 0.1) is 6.92 Å². The molecule has 25 heavy (non-hydrogen) atoms. The third-order valence-electron chi connectivity index (χ3n) is 3.80. The van der Waals surface area contributed by atoms with Gasteiger partial charge in [0, 0.05) is 19.8 Å². The van der Waals surface area contributed by atoms with E-state index in [1.165, 1.54) is 18.7 Å². The van der Waals surface area contributed by atoms with E-state index in [-0.39, 0.29) is 5.56 Å². The Hall–Kier alpha value is -2.71. The maximum absolute atomic E-state index is 12.8. The highest BCUT2D eigenvalue weighted by Gasteiger charge is 2.13. The van der Waals surface area contributed by atoms with Gasteiger partial charge in [-0.3, -0.25) is 14.1 Å². The van der Waals surface area contributed by atoms with Gasteiger partial charge in [-0.2, -0.15) is 12.7 Å². The number of rotatable bonds is 4. The van der Waals surface area contributed by atoms with Gasteiger partial charge in [-0.1, -0.05) is 12.1 Å². The Labute approximate surface area is 145 Å². The maximum atomic E-state index is 12.8. The molecule has 0 unspecified atom stereocenters. The second kappa shape index (κ2) is 6.30. The number of aromatic nitrogens is 2. The molecule has 1 aromatic heterocycles. The van der Waals surface area contributed by atoms with Crippen molar-refractivity contribution < 1.29 is 8.42 Å². The summed E-state index contributed by atoms with van der Waals surface area (Å²) >= 11 is 0. The van der Waals surface area contributed by atoms with Crippen molar-refractivity contribution in [3.8, 4) is 5.69 Å². The number of fused-ring (bicyclic) bond motifs is 1. The summed E-state index contributed by atoms with van der Waals surface area (Å²) in [6, 6.07) is 13.7. The summed E-state index contributed by atoms with van der Waals surface area (Å²) in [5.74, 6) is 0.560. The predicted octanol–water partition coefficient (Wildman–Crippen LogP) is 1.91. The Morgan fingerprint density at radius 3 is 2.32 bits per heavy atom. The van der Waals surface area contributed by atoms with Gasteiger partial charge in [0.15, 0.2) is 0 Å². The van der Waals surface area contributed by atoms with Gasteiger partial charge in [0.05, 0.1) is 16.6 Å². The SMILES string of the molecule is Cc1nc2ccccc2c(=O)n1-c1ccc(NS(=O)(=O)N(C)C)cc1. The van der Waals surface area contributed by atoms with Crippen molar-refractivity contribution in [2.24, 2.45) is 0 Å². The van der Waals surface area contributed by atoms with Gasteiger partial charge in [-0.05, 0) is 43.3 Å². The number of nitrogens with zero attached hydrogens (tertiary/aromatic N) is 3. The predicted molar refractivity (Wildman–Crippen MR) is 98.3 cm³/mol. The van der Waals surface area contributed by atoms with Crippen LogP contribution in [0.4, 0.5) is 5.69 Å². The van der Waals surface area contributed by atoms with Gasteiger partial charge in [-0.15, -0.1) is 0 Å². The number of para-hydroxylation sites is 1. The van der Waals surface area contributed by atoms with Crippen LogP contribution in [0.15, 0.2) is 53.3 Å². The molecule has 2 aromatic carbocycles. The number of benzene rings is 2. The van der Waals surface area contributed by atoms with Gasteiger partial charge in [0.1, 0.15) is 5.82 Å². The van der Waals surface area contributed by atoms with Gasteiger partial charge >= 0.3 is 10.2 Å². The van der Waals surface area contributed by atoms with E-state index in [1.54, 1.807) is 49.4 Å². The van der Waals surface area contributed by atoms with Crippen LogP contribution in [-0.4, -0.2) is 36.4 Å². The van der Waals surface area contributed by atoms with Crippen molar-refractivity contribution in [1.29, 1.82) is 0 Å². The van der Waals surface area contributed by atoms with Crippen LogP contribution in [0.1, 0.15) is 5.82 Å². The summed E-state index contributed by atoms with van der Waals surface area (Å²) in [6.07, 6.45) is 0. The van der Waals surface area contributed by atoms with E-state index in [1.807, 2.05) is 6.07 Å². The smallest absolute Gasteiger partial charge is 0.271 e. The van der Waals surface area contributed by atoms with Crippen molar-refractivity contribution in [2.45, 2.75) is 6.92 Å². The highest BCUT2D eigenvalue weighted by molar-refractivity contribution is 7.90. The molecule has 0 atom stereocenters. The third kappa shape index (κ3) is 3.26. The summed E-state index contributed by atoms with van der Waals surface area (Å²) in [5.41, 5.74) is 1.52. The average Bonchev–Trinajstić information content (AvgIpc) is 2.56. The molecule has 3 rings (SSSR count). The first kappa shape index (κ1) is 17.1. The molecule has 0 fully saturated rings. The zero-order valence-electron chi connectivity index (χ0n) is 14.1. The average molecular weight is 358 g/mol. The molecule has 8 heteroatoms. The topological polar surface area (TPSA) is 84.3 Å². The van der Waals surface area contributed by atoms with Crippen LogP contribution in [0.3, 0.4) is 0 Å². The molecular weight excluding hydrogens is 340 g/mol. The van der Waals surface area contributed by atoms with Gasteiger partial charge in [0.2, 0.25) is 0 Å². The molecule has 0 spiro atoms. The number of nitrogens with one attached hydrogen (secondary N) is 1. The molecule has 130 valence electrons. The van der Waals surface area contributed by atoms with E-state index >= 15 is 0 Å². The minimum Gasteiger partial charge on any atom is -0.271 e. The highest BCUT2D eigenvalue weighted by Crippen LogP contribution is 2.16. The summed E-state index contributed by atoms with van der Waals surface area (Å²) in [5, 5.41) is 0.533. The fraction of sp³-hybridized carbons (Fsp3) is 0.176. The van der Waals surface area contributed by atoms with Crippen molar-refractivity contribution >= 4 is 26.8 Å². The standard InChI is InChI=1S/C17H18N4O3S/c1-12-18-16-7-5-4-6-15(16)17(22)21(12)14-10-8-13(9-11-14)19-25(23,24)20(2)3/h4-11,19H,1-3H3. The summed E-state index contributed by atoms with van der Waals surface area (Å²) < 4.78 is 28.8. The normalized spacial score (nSPS) is 11.8. The number of anilines is 1. The molecule has 0 bridgehead atoms. The number of aryl methyl sites for hydroxylation is 1. The van der Waals surface area contributed by atoms with Crippen LogP contribution < -0.4 is 10.3 Å². The largest absolute Gasteiger partial charge is 0.301 e. The fourth-order valence-corrected chi connectivity index (χ4v) is 3.08. The molecule has 0 aliphatic carbocycles. The van der Waals surface area contributed by atoms with Gasteiger partial charge < -0.3 is 0 Å². The minimum absolute atomic E-state index is 0.162. The van der Waals surface area contributed by atoms with E-state index in [9.17, 15) is 13.2 Å². The second-order valence-corrected chi connectivity index (χ2v) is 7.64. The van der Waals surface area contributed by atoms with Crippen molar-refractivity contribution in [3.63, 3.8) is 0 Å². The lowest BCUT2D eigenvalue weighted by Gasteiger charge is -2.14. The van der Waals surface area contributed by atoms with Crippen molar-refractivity contribution in [2.75, 3.05) is 18.8 Å². The Balaban J connectivity index is 2.04. The van der Waals surface area contributed by atoms with E-state index in [0.29, 0.717) is 28.1 Å². The lowest BCUT2D eigenvalue weighted by molar-refractivity contribution is 0.527. The molecule has 1 heterocycles. The molecule has 0 aliphatic heterocycles. The van der Waals surface area contributed by atoms with Crippen LogP contribution in [0.25, 0.3) is 16.6 Å². The minimum atomic E-state index is -3.57. The summed E-state index contributed by atoms with van der Waals surface area (Å²) in [7, 11) is -0.682. The zero-order chi connectivity index (χ0) is 18.2. The Morgan fingerprint density at radius 2 is 1.68 bits per heavy atom. The number of hydrogen-bond donors (Lipinski definition) is 1. The van der Waals surface area contributed by atoms with Crippen LogP contribution in [-0.2, 0) is 10.2 Å². The van der Waals surface area contributed by atoms with Crippen molar-refractivity contribution in [3.05, 3.63) is 64.7 Å². The second-order valence-electron chi connectivity index (χ2n) is 5.75. The molecule has 3 aromatic rings. The summed E-state index contributed by atoms with van der Waals surface area (Å²) in [4.78, 5) is 17.2. The molecule has 0 saturated heterocycles. The molecule has 0 radical (unpaired) electrons. The third-order valence-corrected chi connectivity index (χ3v) is 5.25. The Kier molecular flexibility index (Phi) is 4.32. The van der Waals surface area contributed by atoms with E-state index < -0.39 is 10.2 Å². The van der Waals surface area contributed by atoms with Crippen molar-refractivity contribution in [1.82, 2.24) is 13.9 Å². The van der Waals surface area contributed by atoms with Crippen LogP contribution in [0.5, 0.6) is 0 Å². The van der Waals surface area contributed by atoms with Crippen LogP contribution in [0.2, 0.25) is 0 Å². The van der Waals surface area contributed by atoms with E-state index in [0.717, 1.165) is 4.31 Å². The summed E-state index contributed by atoms with van der Waals surface area (Å²) in [6.45, 7) is 1.76. The molecular formula is C17H18N4O3S. The van der Waals surface area contributed by atoms with Gasteiger partial charge in [0.25, 0.3) is 5.56 Å². The highest BCUT2D eigenvalue weighted by atomic mass is 32.2. The first-order valence-corrected chi connectivity index (χ1v) is 9.03. The number of hydrogen-bond acceptors (Lipinski definition) is 4. The molecule has 0 aliphatic rings. The maximum Gasteiger partial charge on any atom is 0.301 e. The lowest BCUT2D eigenvalue weighted by Crippen LogP contribution is -2.29. The Bertz CT molecular complexity index is 1090. The van der Waals surface area contributed by atoms with E-state index in [2.05, 4.69) is 9.71 Å². The first-order valence-electron chi connectivity index (χ1n) is 7.59. The first-order chi connectivity index (χ1) is 11.8. The Morgan fingerprint density at radius 1 is 1.04 bits per heavy atom. The lowest BCUT2D eigenvalue weighted by atomic mass is 10.2. The molecule has 7 nitrogen and oxygen atoms in total. The van der Waals surface area contributed by atoms with Crippen LogP contribution >= 0.6 is 0 Å². The molecule has 0 saturated carbocycles. The zero-order valence-corrected chi connectivity index (χ0v) is 14.9. The fourth-order valence-electron chi connectivity index (χ4n) is 2.47. The molecule has 0 amide bonds. The van der Waals surface area contributed by atoms with E-state index in [4.69, 9.17) is 0 Å². The quantitative estimate of drug-likeness (QED) is 0.772. The molecule has 1 N–H and O–H groups in total. The van der Waals surface area contributed by atoms with Gasteiger partial charge in [-0.25, -0.2) is 4.98 Å².